The second-order valence-electron chi connectivity index (χ2n) is 5.30. The summed E-state index contributed by atoms with van der Waals surface area (Å²) in [5.74, 6) is 1.25. The van der Waals surface area contributed by atoms with Gasteiger partial charge < -0.3 is 5.32 Å². The van der Waals surface area contributed by atoms with Gasteiger partial charge in [0.05, 0.1) is 6.04 Å². The van der Waals surface area contributed by atoms with E-state index in [-0.39, 0.29) is 11.9 Å². The topological polar surface area (TPSA) is 32.3 Å². The quantitative estimate of drug-likeness (QED) is 0.646. The molecule has 1 heterocycles. The molecule has 0 saturated carbocycles. The molecular formula is C16H24N2OS. The summed E-state index contributed by atoms with van der Waals surface area (Å²) in [6.07, 6.45) is 4.41. The number of hydrogen-bond donors (Lipinski definition) is 1. The fourth-order valence-electron chi connectivity index (χ4n) is 2.51. The Bertz CT molecular complexity index is 410. The van der Waals surface area contributed by atoms with Gasteiger partial charge in [-0.25, -0.2) is 0 Å². The van der Waals surface area contributed by atoms with Gasteiger partial charge in [-0.3, -0.25) is 9.69 Å². The lowest BCUT2D eigenvalue weighted by atomic mass is 10.0. The van der Waals surface area contributed by atoms with Crippen LogP contribution in [0.1, 0.15) is 25.7 Å². The van der Waals surface area contributed by atoms with Gasteiger partial charge >= 0.3 is 0 Å². The number of likely N-dealkylation sites (tertiary alicyclic amines) is 1. The van der Waals surface area contributed by atoms with Gasteiger partial charge in [-0.2, -0.15) is 0 Å². The van der Waals surface area contributed by atoms with E-state index in [4.69, 9.17) is 0 Å². The maximum absolute atomic E-state index is 12.1. The summed E-state index contributed by atoms with van der Waals surface area (Å²) in [4.78, 5) is 15.6. The lowest BCUT2D eigenvalue weighted by Gasteiger charge is -2.31. The number of rotatable bonds is 6. The van der Waals surface area contributed by atoms with Crippen LogP contribution in [0.5, 0.6) is 0 Å². The highest BCUT2D eigenvalue weighted by Crippen LogP contribution is 2.17. The van der Waals surface area contributed by atoms with E-state index in [0.717, 1.165) is 31.7 Å². The highest BCUT2D eigenvalue weighted by molar-refractivity contribution is 7.99. The van der Waals surface area contributed by atoms with E-state index in [1.807, 2.05) is 17.8 Å². The van der Waals surface area contributed by atoms with E-state index in [1.54, 1.807) is 0 Å². The van der Waals surface area contributed by atoms with E-state index < -0.39 is 0 Å². The molecule has 3 nitrogen and oxygen atoms in total. The number of piperidine rings is 1. The van der Waals surface area contributed by atoms with Crippen molar-refractivity contribution in [3.05, 3.63) is 30.3 Å². The Hall–Kier alpha value is -1.00. The molecule has 0 spiro atoms. The molecule has 1 N–H and O–H groups in total. The first kappa shape index (κ1) is 15.4. The van der Waals surface area contributed by atoms with E-state index in [9.17, 15) is 4.79 Å². The molecule has 4 heteroatoms. The van der Waals surface area contributed by atoms with Gasteiger partial charge in [0.15, 0.2) is 0 Å². The standard InChI is InChI=1S/C16H24N2OS/c1-18-12-6-5-10-15(18)16(19)17-11-7-13-20-14-8-3-2-4-9-14/h2-4,8-9,15H,5-7,10-13H2,1H3,(H,17,19)/t15-/m0/s1. The van der Waals surface area contributed by atoms with Crippen molar-refractivity contribution in [3.63, 3.8) is 0 Å². The summed E-state index contributed by atoms with van der Waals surface area (Å²) in [6, 6.07) is 10.5. The third kappa shape index (κ3) is 4.84. The van der Waals surface area contributed by atoms with Crippen LogP contribution < -0.4 is 5.32 Å². The number of nitrogens with one attached hydrogen (secondary N) is 1. The maximum atomic E-state index is 12.1. The molecule has 1 aliphatic rings. The number of nitrogens with zero attached hydrogens (tertiary/aromatic N) is 1. The van der Waals surface area contributed by atoms with Gasteiger partial charge in [0.25, 0.3) is 0 Å². The van der Waals surface area contributed by atoms with Gasteiger partial charge in [0.1, 0.15) is 0 Å². The fourth-order valence-corrected chi connectivity index (χ4v) is 3.39. The first-order chi connectivity index (χ1) is 9.77. The first-order valence-corrected chi connectivity index (χ1v) is 8.42. The van der Waals surface area contributed by atoms with Gasteiger partial charge in [-0.1, -0.05) is 24.6 Å². The molecular weight excluding hydrogens is 268 g/mol. The van der Waals surface area contributed by atoms with E-state index in [1.165, 1.54) is 17.7 Å². The van der Waals surface area contributed by atoms with Crippen molar-refractivity contribution in [1.82, 2.24) is 10.2 Å². The molecule has 1 fully saturated rings. The molecule has 1 amide bonds. The summed E-state index contributed by atoms with van der Waals surface area (Å²) >= 11 is 1.85. The van der Waals surface area contributed by atoms with Gasteiger partial charge in [-0.15, -0.1) is 11.8 Å². The molecule has 20 heavy (non-hydrogen) atoms. The number of carbonyl (C=O) groups excluding carboxylic acids is 1. The molecule has 0 bridgehead atoms. The second kappa shape index (κ2) is 8.32. The third-order valence-corrected chi connectivity index (χ3v) is 4.80. The largest absolute Gasteiger partial charge is 0.355 e. The molecule has 110 valence electrons. The van der Waals surface area contributed by atoms with Crippen molar-refractivity contribution in [2.75, 3.05) is 25.9 Å². The third-order valence-electron chi connectivity index (χ3n) is 3.71. The summed E-state index contributed by atoms with van der Waals surface area (Å²) < 4.78 is 0. The molecule has 1 aliphatic heterocycles. The van der Waals surface area contributed by atoms with Gasteiger partial charge in [-0.05, 0) is 50.7 Å². The zero-order valence-corrected chi connectivity index (χ0v) is 13.0. The summed E-state index contributed by atoms with van der Waals surface area (Å²) in [6.45, 7) is 1.82. The molecule has 0 unspecified atom stereocenters. The minimum atomic E-state index is 0.0885. The number of benzene rings is 1. The highest BCUT2D eigenvalue weighted by Gasteiger charge is 2.25. The molecule has 1 aromatic carbocycles. The Morgan fingerprint density at radius 2 is 2.15 bits per heavy atom. The van der Waals surface area contributed by atoms with E-state index in [0.29, 0.717) is 0 Å². The second-order valence-corrected chi connectivity index (χ2v) is 6.47. The fraction of sp³-hybridized carbons (Fsp3) is 0.562. The van der Waals surface area contributed by atoms with Crippen LogP contribution in [0, 0.1) is 0 Å². The normalized spacial score (nSPS) is 19.8. The number of thioether (sulfide) groups is 1. The van der Waals surface area contributed by atoms with Crippen LogP contribution in [-0.2, 0) is 4.79 Å². The number of carbonyl (C=O) groups is 1. The summed E-state index contributed by atoms with van der Waals surface area (Å²) in [5, 5.41) is 3.08. The Labute approximate surface area is 126 Å². The minimum Gasteiger partial charge on any atom is -0.355 e. The summed E-state index contributed by atoms with van der Waals surface area (Å²) in [7, 11) is 2.05. The van der Waals surface area contributed by atoms with E-state index in [2.05, 4.69) is 41.5 Å². The van der Waals surface area contributed by atoms with Crippen LogP contribution in [0.25, 0.3) is 0 Å². The average molecular weight is 292 g/mol. The van der Waals surface area contributed by atoms with Crippen LogP contribution in [0.3, 0.4) is 0 Å². The zero-order chi connectivity index (χ0) is 14.2. The van der Waals surface area contributed by atoms with Crippen molar-refractivity contribution < 1.29 is 4.79 Å². The van der Waals surface area contributed by atoms with Crippen molar-refractivity contribution in [3.8, 4) is 0 Å². The van der Waals surface area contributed by atoms with Crippen LogP contribution >= 0.6 is 11.8 Å². The number of amides is 1. The SMILES string of the molecule is CN1CCCC[C@H]1C(=O)NCCCSc1ccccc1. The Balaban J connectivity index is 1.59. The zero-order valence-electron chi connectivity index (χ0n) is 12.2. The van der Waals surface area contributed by atoms with Crippen molar-refractivity contribution in [1.29, 1.82) is 0 Å². The van der Waals surface area contributed by atoms with Crippen LogP contribution in [-0.4, -0.2) is 42.7 Å². The van der Waals surface area contributed by atoms with Gasteiger partial charge in [0.2, 0.25) is 5.91 Å². The lowest BCUT2D eigenvalue weighted by Crippen LogP contribution is -2.47. The average Bonchev–Trinajstić information content (AvgIpc) is 2.48. The first-order valence-electron chi connectivity index (χ1n) is 7.43. The predicted octanol–water partition coefficient (Wildman–Crippen LogP) is 2.77. The molecule has 1 saturated heterocycles. The maximum Gasteiger partial charge on any atom is 0.237 e. The van der Waals surface area contributed by atoms with Gasteiger partial charge in [0, 0.05) is 11.4 Å². The van der Waals surface area contributed by atoms with Crippen molar-refractivity contribution in [2.24, 2.45) is 0 Å². The monoisotopic (exact) mass is 292 g/mol. The smallest absolute Gasteiger partial charge is 0.237 e. The lowest BCUT2D eigenvalue weighted by molar-refractivity contribution is -0.126. The molecule has 1 aromatic rings. The molecule has 1 atom stereocenters. The van der Waals surface area contributed by atoms with Crippen LogP contribution in [0.15, 0.2) is 35.2 Å². The Kier molecular flexibility index (Phi) is 6.40. The van der Waals surface area contributed by atoms with Crippen molar-refractivity contribution in [2.45, 2.75) is 36.6 Å². The molecule has 0 aliphatic carbocycles. The minimum absolute atomic E-state index is 0.0885. The Morgan fingerprint density at radius 1 is 1.35 bits per heavy atom. The molecule has 2 rings (SSSR count). The van der Waals surface area contributed by atoms with Crippen LogP contribution in [0.4, 0.5) is 0 Å². The predicted molar refractivity (Wildman–Crippen MR) is 85.1 cm³/mol. The van der Waals surface area contributed by atoms with Crippen molar-refractivity contribution >= 4 is 17.7 Å². The number of hydrogen-bond acceptors (Lipinski definition) is 3. The number of likely N-dealkylation sites (N-methyl/N-ethyl adjacent to an activating group) is 1. The molecule has 0 aromatic heterocycles. The molecule has 0 radical (unpaired) electrons. The highest BCUT2D eigenvalue weighted by atomic mass is 32.2. The Morgan fingerprint density at radius 3 is 2.90 bits per heavy atom. The van der Waals surface area contributed by atoms with E-state index >= 15 is 0 Å². The van der Waals surface area contributed by atoms with Crippen LogP contribution in [0.2, 0.25) is 0 Å². The summed E-state index contributed by atoms with van der Waals surface area (Å²) in [5.41, 5.74) is 0.